The highest BCUT2D eigenvalue weighted by Crippen LogP contribution is 2.27. The van der Waals surface area contributed by atoms with E-state index >= 15 is 0 Å². The Hall–Kier alpha value is -1.20. The molecule has 1 aliphatic rings. The largest absolute Gasteiger partial charge is 0.365 e. The molecule has 0 saturated carbocycles. The third kappa shape index (κ3) is 2.73. The van der Waals surface area contributed by atoms with Crippen molar-refractivity contribution in [2.75, 3.05) is 24.6 Å². The van der Waals surface area contributed by atoms with Gasteiger partial charge in [0.05, 0.1) is 0 Å². The maximum atomic E-state index is 13.5. The lowest BCUT2D eigenvalue weighted by molar-refractivity contribution is -0.211. The smallest absolute Gasteiger partial charge is 0.168 e. The number of halogens is 1. The number of ether oxygens (including phenoxy) is 1. The number of piperidine rings is 1. The summed E-state index contributed by atoms with van der Waals surface area (Å²) in [6.07, 6.45) is 2.51. The maximum Gasteiger partial charge on any atom is 0.168 e. The Morgan fingerprint density at radius 3 is 2.82 bits per heavy atom. The number of pyridine rings is 1. The van der Waals surface area contributed by atoms with E-state index < -0.39 is 5.79 Å². The summed E-state index contributed by atoms with van der Waals surface area (Å²) in [5, 5.41) is 10.0. The molecule has 2 heterocycles. The first-order valence-corrected chi connectivity index (χ1v) is 5.86. The zero-order valence-electron chi connectivity index (χ0n) is 9.90. The minimum absolute atomic E-state index is 0.325. The monoisotopic (exact) mass is 240 g/mol. The van der Waals surface area contributed by atoms with Crippen molar-refractivity contribution in [3.05, 3.63) is 24.1 Å². The van der Waals surface area contributed by atoms with Crippen molar-refractivity contribution < 1.29 is 14.2 Å². The summed E-state index contributed by atoms with van der Waals surface area (Å²) < 4.78 is 18.8. The number of aromatic nitrogens is 1. The van der Waals surface area contributed by atoms with Crippen LogP contribution in [0.25, 0.3) is 0 Å². The maximum absolute atomic E-state index is 13.5. The highest BCUT2D eigenvalue weighted by atomic mass is 19.1. The Kier molecular flexibility index (Phi) is 3.59. The molecular formula is C12H17FN2O2. The van der Waals surface area contributed by atoms with E-state index in [0.717, 1.165) is 0 Å². The van der Waals surface area contributed by atoms with E-state index in [2.05, 4.69) is 4.98 Å². The quantitative estimate of drug-likeness (QED) is 0.814. The van der Waals surface area contributed by atoms with Crippen LogP contribution in [0.3, 0.4) is 0 Å². The molecule has 0 atom stereocenters. The Bertz CT molecular complexity index is 379. The second-order valence-corrected chi connectivity index (χ2v) is 4.18. The number of rotatable bonds is 3. The molecule has 2 rings (SSSR count). The molecule has 1 aromatic rings. The van der Waals surface area contributed by atoms with Crippen molar-refractivity contribution in [1.29, 1.82) is 0 Å². The van der Waals surface area contributed by atoms with E-state index in [-0.39, 0.29) is 5.82 Å². The standard InChI is InChI=1S/C12H17FN2O2/c1-2-17-12(16)5-8-15(9-6-12)11-10(13)4-3-7-14-11/h3-4,7,16H,2,5-6,8-9H2,1H3. The van der Waals surface area contributed by atoms with Gasteiger partial charge in [0, 0.05) is 38.7 Å². The fraction of sp³-hybridized carbons (Fsp3) is 0.583. The summed E-state index contributed by atoms with van der Waals surface area (Å²) in [7, 11) is 0. The Balaban J connectivity index is 2.02. The summed E-state index contributed by atoms with van der Waals surface area (Å²) in [6, 6.07) is 2.96. The van der Waals surface area contributed by atoms with Gasteiger partial charge in [0.1, 0.15) is 0 Å². The van der Waals surface area contributed by atoms with Crippen LogP contribution in [0.15, 0.2) is 18.3 Å². The van der Waals surface area contributed by atoms with Crippen molar-refractivity contribution >= 4 is 5.82 Å². The van der Waals surface area contributed by atoms with Crippen molar-refractivity contribution in [2.45, 2.75) is 25.6 Å². The third-order valence-corrected chi connectivity index (χ3v) is 3.00. The normalized spacial score (nSPS) is 19.4. The molecule has 0 radical (unpaired) electrons. The first kappa shape index (κ1) is 12.3. The van der Waals surface area contributed by atoms with Gasteiger partial charge in [-0.25, -0.2) is 9.37 Å². The number of hydrogen-bond donors (Lipinski definition) is 1. The molecule has 0 unspecified atom stereocenters. The fourth-order valence-electron chi connectivity index (χ4n) is 2.09. The van der Waals surface area contributed by atoms with Crippen LogP contribution < -0.4 is 4.90 Å². The van der Waals surface area contributed by atoms with E-state index in [0.29, 0.717) is 38.4 Å². The molecule has 1 aliphatic heterocycles. The minimum atomic E-state index is -1.06. The topological polar surface area (TPSA) is 45.6 Å². The predicted octanol–water partition coefficient (Wildman–Crippen LogP) is 1.55. The molecule has 17 heavy (non-hydrogen) atoms. The van der Waals surface area contributed by atoms with Gasteiger partial charge in [0.2, 0.25) is 0 Å². The second kappa shape index (κ2) is 4.98. The average Bonchev–Trinajstić information content (AvgIpc) is 2.31. The average molecular weight is 240 g/mol. The Labute approximate surface area is 100 Å². The highest BCUT2D eigenvalue weighted by molar-refractivity contribution is 5.40. The molecule has 94 valence electrons. The van der Waals surface area contributed by atoms with Crippen molar-refractivity contribution in [3.63, 3.8) is 0 Å². The Morgan fingerprint density at radius 1 is 1.53 bits per heavy atom. The van der Waals surface area contributed by atoms with Gasteiger partial charge in [0.15, 0.2) is 17.4 Å². The van der Waals surface area contributed by atoms with Crippen molar-refractivity contribution in [3.8, 4) is 0 Å². The van der Waals surface area contributed by atoms with Gasteiger partial charge in [-0.2, -0.15) is 0 Å². The van der Waals surface area contributed by atoms with Crippen molar-refractivity contribution in [2.24, 2.45) is 0 Å². The fourth-order valence-corrected chi connectivity index (χ4v) is 2.09. The van der Waals surface area contributed by atoms with Crippen LogP contribution in [0.1, 0.15) is 19.8 Å². The summed E-state index contributed by atoms with van der Waals surface area (Å²) in [6.45, 7) is 3.42. The molecule has 1 N–H and O–H groups in total. The molecule has 1 saturated heterocycles. The molecule has 0 bridgehead atoms. The number of nitrogens with zero attached hydrogens (tertiary/aromatic N) is 2. The van der Waals surface area contributed by atoms with Gasteiger partial charge in [0.25, 0.3) is 0 Å². The molecule has 0 aliphatic carbocycles. The molecule has 0 aromatic carbocycles. The van der Waals surface area contributed by atoms with Crippen LogP contribution in [0, 0.1) is 5.82 Å². The number of aliphatic hydroxyl groups is 1. The predicted molar refractivity (Wildman–Crippen MR) is 62.2 cm³/mol. The number of hydrogen-bond acceptors (Lipinski definition) is 4. The van der Waals surface area contributed by atoms with Crippen LogP contribution in [-0.2, 0) is 4.74 Å². The lowest BCUT2D eigenvalue weighted by Crippen LogP contribution is -2.46. The van der Waals surface area contributed by atoms with E-state index in [4.69, 9.17) is 4.74 Å². The van der Waals surface area contributed by atoms with E-state index in [9.17, 15) is 9.50 Å². The minimum Gasteiger partial charge on any atom is -0.365 e. The lowest BCUT2D eigenvalue weighted by Gasteiger charge is -2.38. The zero-order chi connectivity index (χ0) is 12.3. The zero-order valence-corrected chi connectivity index (χ0v) is 9.90. The van der Waals surface area contributed by atoms with Crippen LogP contribution in [0.5, 0.6) is 0 Å². The van der Waals surface area contributed by atoms with E-state index in [1.54, 1.807) is 12.3 Å². The van der Waals surface area contributed by atoms with E-state index in [1.165, 1.54) is 6.07 Å². The lowest BCUT2D eigenvalue weighted by atomic mass is 10.0. The second-order valence-electron chi connectivity index (χ2n) is 4.18. The summed E-state index contributed by atoms with van der Waals surface area (Å²) in [5.41, 5.74) is 0. The highest BCUT2D eigenvalue weighted by Gasteiger charge is 2.33. The molecule has 0 amide bonds. The molecule has 4 nitrogen and oxygen atoms in total. The molecular weight excluding hydrogens is 223 g/mol. The van der Waals surface area contributed by atoms with E-state index in [1.807, 2.05) is 11.8 Å². The molecule has 5 heteroatoms. The molecule has 1 aromatic heterocycles. The van der Waals surface area contributed by atoms with Gasteiger partial charge < -0.3 is 14.7 Å². The summed E-state index contributed by atoms with van der Waals surface area (Å²) in [5.74, 6) is -1.03. The van der Waals surface area contributed by atoms with Crippen LogP contribution in [-0.4, -0.2) is 35.6 Å². The van der Waals surface area contributed by atoms with Crippen LogP contribution in [0.4, 0.5) is 10.2 Å². The van der Waals surface area contributed by atoms with Gasteiger partial charge in [-0.05, 0) is 19.1 Å². The van der Waals surface area contributed by atoms with Gasteiger partial charge >= 0.3 is 0 Å². The van der Waals surface area contributed by atoms with Gasteiger partial charge in [-0.1, -0.05) is 0 Å². The van der Waals surface area contributed by atoms with Gasteiger partial charge in [-0.15, -0.1) is 0 Å². The van der Waals surface area contributed by atoms with Crippen LogP contribution >= 0.6 is 0 Å². The molecule has 0 spiro atoms. The molecule has 1 fully saturated rings. The van der Waals surface area contributed by atoms with Crippen molar-refractivity contribution in [1.82, 2.24) is 4.98 Å². The summed E-state index contributed by atoms with van der Waals surface area (Å²) in [4.78, 5) is 5.86. The summed E-state index contributed by atoms with van der Waals surface area (Å²) >= 11 is 0. The Morgan fingerprint density at radius 2 is 2.24 bits per heavy atom. The van der Waals surface area contributed by atoms with Crippen LogP contribution in [0.2, 0.25) is 0 Å². The number of anilines is 1. The first-order chi connectivity index (χ1) is 8.14. The SMILES string of the molecule is CCOC1(O)CCN(c2ncccc2F)CC1. The third-order valence-electron chi connectivity index (χ3n) is 3.00. The van der Waals surface area contributed by atoms with Gasteiger partial charge in [-0.3, -0.25) is 0 Å². The first-order valence-electron chi connectivity index (χ1n) is 5.86.